The number of hydrogen-bond acceptors (Lipinski definition) is 15. The van der Waals surface area contributed by atoms with Crippen molar-refractivity contribution in [2.45, 2.75) is 56.7 Å². The first kappa shape index (κ1) is 60.3. The lowest BCUT2D eigenvalue weighted by atomic mass is 10.2. The Morgan fingerprint density at radius 2 is 0.824 bits per heavy atom. The number of aliphatic carboxylic acids is 3. The van der Waals surface area contributed by atoms with E-state index in [1.807, 2.05) is 0 Å². The van der Waals surface area contributed by atoms with Crippen molar-refractivity contribution in [1.29, 1.82) is 5.41 Å². The third kappa shape index (κ3) is 73.6. The summed E-state index contributed by atoms with van der Waals surface area (Å²) in [5.41, 5.74) is 30.5. The number of quaternary nitrogens is 3. The van der Waals surface area contributed by atoms with Crippen molar-refractivity contribution in [3.63, 3.8) is 0 Å². The predicted octanol–water partition coefficient (Wildman–Crippen LogP) is -8.01. The zero-order chi connectivity index (χ0) is 41.9. The Balaban J connectivity index is -0.000000121. The maximum Gasteiger partial charge on any atom is 0.185 e. The Hall–Kier alpha value is -2.76. The topological polar surface area (TPSA) is 373 Å². The number of likely N-dealkylation sites (N-methyl/N-ethyl adjacent to an activating group) is 3. The Labute approximate surface area is 306 Å². The minimum absolute atomic E-state index is 0.128. The third-order valence-corrected chi connectivity index (χ3v) is 5.67. The molecule has 0 spiro atoms. The smallest absolute Gasteiger partial charge is 0.185 e. The number of aliphatic hydroxyl groups excluding tert-OH is 3. The van der Waals surface area contributed by atoms with Gasteiger partial charge in [0.05, 0.1) is 101 Å². The number of carbonyl (C=O) groups excluding carboxylic acids is 3. The largest absolute Gasteiger partial charge is 0.548 e. The van der Waals surface area contributed by atoms with Gasteiger partial charge in [0, 0.05) is 24.7 Å². The van der Waals surface area contributed by atoms with E-state index >= 15 is 0 Å². The predicted molar refractivity (Wildman–Crippen MR) is 195 cm³/mol. The lowest BCUT2D eigenvalue weighted by Gasteiger charge is -2.21. The summed E-state index contributed by atoms with van der Waals surface area (Å²) < 4.78 is 2.53. The number of carbonyl (C=O) groups is 3. The van der Waals surface area contributed by atoms with Crippen molar-refractivity contribution in [3.05, 3.63) is 0 Å². The second kappa shape index (κ2) is 37.0. The summed E-state index contributed by atoms with van der Waals surface area (Å²) in [6.07, 6.45) is 2.94. The number of guanidine groups is 1. The molecule has 0 saturated carbocycles. The molecule has 0 unspecified atom stereocenters. The van der Waals surface area contributed by atoms with E-state index in [2.05, 4.69) is 68.7 Å². The second-order valence-electron chi connectivity index (χ2n) is 14.3. The molecule has 0 bridgehead atoms. The first-order valence-electron chi connectivity index (χ1n) is 16.7. The number of aliphatic hydroxyl groups is 3. The summed E-state index contributed by atoms with van der Waals surface area (Å²) >= 11 is 0. The zero-order valence-corrected chi connectivity index (χ0v) is 32.9. The lowest BCUT2D eigenvalue weighted by Crippen LogP contribution is -2.42. The van der Waals surface area contributed by atoms with E-state index in [0.717, 1.165) is 33.1 Å². The molecule has 0 fully saturated rings. The molecule has 310 valence electrons. The molecule has 0 heterocycles. The van der Waals surface area contributed by atoms with Gasteiger partial charge in [0.25, 0.3) is 0 Å². The Morgan fingerprint density at radius 3 is 0.961 bits per heavy atom. The fourth-order valence-corrected chi connectivity index (χ4v) is 2.47. The van der Waals surface area contributed by atoms with E-state index in [0.29, 0.717) is 58.2 Å². The number of nitrogens with one attached hydrogen (secondary N) is 2. The fourth-order valence-electron chi connectivity index (χ4n) is 2.47. The van der Waals surface area contributed by atoms with Gasteiger partial charge in [-0.05, 0) is 51.6 Å². The second-order valence-corrected chi connectivity index (χ2v) is 14.3. The molecule has 17 N–H and O–H groups in total. The first-order chi connectivity index (χ1) is 23.1. The molecule has 0 aromatic rings. The third-order valence-electron chi connectivity index (χ3n) is 5.67. The van der Waals surface area contributed by atoms with Gasteiger partial charge in [-0.2, -0.15) is 0 Å². The minimum Gasteiger partial charge on any atom is -0.548 e. The number of carboxylic acid groups (broad SMARTS) is 3. The van der Waals surface area contributed by atoms with Crippen molar-refractivity contribution < 1.29 is 58.5 Å². The lowest BCUT2D eigenvalue weighted by molar-refractivity contribution is -0.870. The molecular formula is C31H77N11O9. The monoisotopic (exact) mass is 748 g/mol. The van der Waals surface area contributed by atoms with Crippen molar-refractivity contribution >= 4 is 23.9 Å². The maximum absolute atomic E-state index is 10.1. The van der Waals surface area contributed by atoms with Crippen LogP contribution in [-0.4, -0.2) is 193 Å². The summed E-state index contributed by atoms with van der Waals surface area (Å²) in [5, 5.41) is 64.4. The quantitative estimate of drug-likeness (QED) is 0.0253. The van der Waals surface area contributed by atoms with Gasteiger partial charge in [-0.1, -0.05) is 0 Å². The van der Waals surface area contributed by atoms with E-state index < -0.39 is 36.0 Å². The number of nitrogens with zero attached hydrogens (tertiary/aromatic N) is 3. The molecule has 0 radical (unpaired) electrons. The number of hydrogen-bond donors (Lipinski definition) is 11. The summed E-state index contributed by atoms with van der Waals surface area (Å²) in [6.45, 7) is 4.74. The Kier molecular flexibility index (Phi) is 43.8. The molecule has 0 saturated heterocycles. The van der Waals surface area contributed by atoms with E-state index in [1.165, 1.54) is 0 Å². The highest BCUT2D eigenvalue weighted by Gasteiger charge is 2.04. The molecule has 3 atom stereocenters. The van der Waals surface area contributed by atoms with Gasteiger partial charge >= 0.3 is 0 Å². The number of rotatable bonds is 19. The summed E-state index contributed by atoms with van der Waals surface area (Å²) in [6, 6.07) is -2.64. The van der Waals surface area contributed by atoms with Gasteiger partial charge in [0.1, 0.15) is 19.6 Å². The van der Waals surface area contributed by atoms with E-state index in [9.17, 15) is 29.7 Å². The van der Waals surface area contributed by atoms with Crippen LogP contribution < -0.4 is 55.0 Å². The van der Waals surface area contributed by atoms with Crippen LogP contribution in [0, 0.1) is 5.41 Å². The fraction of sp³-hybridized carbons (Fsp3) is 0.871. The van der Waals surface area contributed by atoms with E-state index in [4.69, 9.17) is 55.1 Å². The molecule has 20 nitrogen and oxygen atoms in total. The molecule has 0 rings (SSSR count). The van der Waals surface area contributed by atoms with E-state index in [1.54, 1.807) is 0 Å². The molecule has 0 aliphatic heterocycles. The summed E-state index contributed by atoms with van der Waals surface area (Å²) in [4.78, 5) is 30.0. The van der Waals surface area contributed by atoms with Gasteiger partial charge in [-0.25, -0.2) is 0 Å². The van der Waals surface area contributed by atoms with Crippen molar-refractivity contribution in [2.24, 2.45) is 34.4 Å². The molecular weight excluding hydrogens is 670 g/mol. The molecule has 0 aliphatic rings. The highest BCUT2D eigenvalue weighted by Crippen LogP contribution is 1.92. The highest BCUT2D eigenvalue weighted by atomic mass is 16.4. The van der Waals surface area contributed by atoms with Crippen LogP contribution in [0.2, 0.25) is 0 Å². The van der Waals surface area contributed by atoms with Crippen LogP contribution in [0.15, 0.2) is 0 Å². The van der Waals surface area contributed by atoms with Gasteiger partial charge in [-0.3, -0.25) is 5.41 Å². The van der Waals surface area contributed by atoms with Crippen LogP contribution in [0.3, 0.4) is 0 Å². The van der Waals surface area contributed by atoms with Gasteiger partial charge in [0.15, 0.2) is 5.96 Å². The maximum atomic E-state index is 10.1. The van der Waals surface area contributed by atoms with Crippen LogP contribution in [0.4, 0.5) is 0 Å². The zero-order valence-electron chi connectivity index (χ0n) is 32.9. The van der Waals surface area contributed by atoms with Gasteiger partial charge in [0.2, 0.25) is 0 Å². The highest BCUT2D eigenvalue weighted by molar-refractivity contribution is 5.74. The van der Waals surface area contributed by atoms with Crippen LogP contribution in [-0.2, 0) is 14.4 Å². The van der Waals surface area contributed by atoms with E-state index in [-0.39, 0.29) is 25.8 Å². The molecule has 0 aliphatic carbocycles. The van der Waals surface area contributed by atoms with Crippen molar-refractivity contribution in [1.82, 2.24) is 5.32 Å². The first-order valence-corrected chi connectivity index (χ1v) is 16.7. The normalized spacial score (nSPS) is 12.4. The van der Waals surface area contributed by atoms with Gasteiger partial charge < -0.3 is 98.2 Å². The average molecular weight is 748 g/mol. The van der Waals surface area contributed by atoms with Crippen molar-refractivity contribution in [2.75, 3.05) is 123 Å². The summed E-state index contributed by atoms with van der Waals surface area (Å²) in [5.74, 6) is -3.79. The Bertz CT molecular complexity index is 775. The van der Waals surface area contributed by atoms with Crippen LogP contribution in [0.25, 0.3) is 0 Å². The van der Waals surface area contributed by atoms with Crippen molar-refractivity contribution in [3.8, 4) is 0 Å². The average Bonchev–Trinajstić information content (AvgIpc) is 2.96. The molecule has 0 amide bonds. The molecule has 51 heavy (non-hydrogen) atoms. The van der Waals surface area contributed by atoms with Gasteiger partial charge in [-0.15, -0.1) is 0 Å². The van der Waals surface area contributed by atoms with Crippen LogP contribution in [0.1, 0.15) is 38.5 Å². The SMILES string of the molecule is C[N+](C)(C)CCO.C[N+](C)(C)CCO.C[N+](C)(C)CCO.N=C(N)NCCC[C@H](N)C(=O)[O-].NCCC[C@H](N)C(=O)[O-].NCCC[C@H](N)C(=O)[O-]. The Morgan fingerprint density at radius 1 is 0.588 bits per heavy atom. The summed E-state index contributed by atoms with van der Waals surface area (Å²) in [7, 11) is 18.5. The van der Waals surface area contributed by atoms with Crippen LogP contribution >= 0.6 is 0 Å². The number of nitrogens with two attached hydrogens (primary N) is 6. The molecule has 0 aromatic carbocycles. The molecule has 20 heteroatoms. The van der Waals surface area contributed by atoms with Crippen LogP contribution in [0.5, 0.6) is 0 Å². The number of carboxylic acids is 3. The standard InChI is InChI=1S/C6H14N4O2.2C5H12N2O2.3C5H14NO/c7-4(5(11)12)2-1-3-10-6(8)9;2*6-3-1-2-4(7)5(8)9;3*1-6(2,3)4-5-7/h4H,1-3,7H2,(H,11,12)(H4,8,9,10);2*4H,1-3,6-7H2,(H,8,9);3*7H,4-5H2,1-3H3/q;;;3*+1/p-3/t3*4-;;;/m000.../s1. The molecule has 0 aromatic heterocycles. The minimum atomic E-state index is -1.25.